The van der Waals surface area contributed by atoms with E-state index in [0.29, 0.717) is 32.1 Å². The average Bonchev–Trinajstić information content (AvgIpc) is 2.64. The average molecular weight is 536 g/mol. The van der Waals surface area contributed by atoms with Crippen LogP contribution in [0.1, 0.15) is 33.3 Å². The van der Waals surface area contributed by atoms with Crippen LogP contribution in [0.15, 0.2) is 29.3 Å². The van der Waals surface area contributed by atoms with Crippen molar-refractivity contribution in [1.29, 1.82) is 0 Å². The first-order chi connectivity index (χ1) is 13.8. The maximum Gasteiger partial charge on any atom is 0.412 e. The molecule has 1 aromatic rings. The zero-order valence-corrected chi connectivity index (χ0v) is 21.1. The maximum absolute atomic E-state index is 11.8. The van der Waals surface area contributed by atoms with E-state index in [-0.39, 0.29) is 24.0 Å². The van der Waals surface area contributed by atoms with Gasteiger partial charge in [0.25, 0.3) is 0 Å². The number of hydrogen-bond acceptors (Lipinski definition) is 5. The molecule has 0 saturated carbocycles. The summed E-state index contributed by atoms with van der Waals surface area (Å²) in [5, 5.41) is 9.26. The lowest BCUT2D eigenvalue weighted by Crippen LogP contribution is -2.38. The third kappa shape index (κ3) is 14.4. The monoisotopic (exact) mass is 536 g/mol. The molecule has 0 aliphatic carbocycles. The molecular formula is C21H37IN4O4. The van der Waals surface area contributed by atoms with E-state index in [1.54, 1.807) is 7.11 Å². The molecule has 1 amide bonds. The number of hydrogen-bond donors (Lipinski definition) is 3. The smallest absolute Gasteiger partial charge is 0.412 e. The van der Waals surface area contributed by atoms with Crippen LogP contribution in [0.4, 0.5) is 10.5 Å². The minimum atomic E-state index is -0.516. The predicted octanol–water partition coefficient (Wildman–Crippen LogP) is 3.41. The van der Waals surface area contributed by atoms with Crippen molar-refractivity contribution in [3.05, 3.63) is 29.8 Å². The highest BCUT2D eigenvalue weighted by Gasteiger charge is 2.16. The van der Waals surface area contributed by atoms with Gasteiger partial charge in [0.1, 0.15) is 5.60 Å². The molecule has 0 fully saturated rings. The number of ether oxygens (including phenoxy) is 3. The van der Waals surface area contributed by atoms with Crippen LogP contribution in [0.25, 0.3) is 0 Å². The lowest BCUT2D eigenvalue weighted by atomic mass is 10.1. The molecule has 9 heteroatoms. The summed E-state index contributed by atoms with van der Waals surface area (Å²) in [4.78, 5) is 16.3. The van der Waals surface area contributed by atoms with Crippen molar-refractivity contribution in [2.75, 3.05) is 51.9 Å². The first kappa shape index (κ1) is 28.4. The topological polar surface area (TPSA) is 93.2 Å². The number of aliphatic imine (C=N–C) groups is 1. The van der Waals surface area contributed by atoms with Gasteiger partial charge in [-0.25, -0.2) is 4.79 Å². The van der Waals surface area contributed by atoms with Crippen LogP contribution < -0.4 is 16.0 Å². The first-order valence-corrected chi connectivity index (χ1v) is 10.0. The first-order valence-electron chi connectivity index (χ1n) is 10.0. The molecule has 1 aromatic carbocycles. The van der Waals surface area contributed by atoms with Gasteiger partial charge < -0.3 is 24.8 Å². The van der Waals surface area contributed by atoms with Crippen LogP contribution in [0.3, 0.4) is 0 Å². The van der Waals surface area contributed by atoms with Crippen LogP contribution in [0.2, 0.25) is 0 Å². The van der Waals surface area contributed by atoms with Gasteiger partial charge in [0, 0.05) is 25.9 Å². The second kappa shape index (κ2) is 16.1. The number of carbonyl (C=O) groups excluding carboxylic acids is 1. The van der Waals surface area contributed by atoms with Crippen LogP contribution in [-0.4, -0.2) is 64.2 Å². The third-order valence-electron chi connectivity index (χ3n) is 3.59. The van der Waals surface area contributed by atoms with Crippen molar-refractivity contribution in [1.82, 2.24) is 10.6 Å². The van der Waals surface area contributed by atoms with Gasteiger partial charge in [-0.2, -0.15) is 0 Å². The summed E-state index contributed by atoms with van der Waals surface area (Å²) in [5.41, 5.74) is 1.35. The fourth-order valence-electron chi connectivity index (χ4n) is 2.31. The Morgan fingerprint density at radius 2 is 1.77 bits per heavy atom. The molecule has 172 valence electrons. The SMILES string of the molecule is CCNC(=NCCOCCOC)NCCc1ccc(NC(=O)OC(C)(C)C)cc1.I. The second-order valence-electron chi connectivity index (χ2n) is 7.37. The number of nitrogens with zero attached hydrogens (tertiary/aromatic N) is 1. The number of rotatable bonds is 11. The molecule has 0 aliphatic heterocycles. The van der Waals surface area contributed by atoms with Crippen molar-refractivity contribution < 1.29 is 19.0 Å². The van der Waals surface area contributed by atoms with E-state index >= 15 is 0 Å². The van der Waals surface area contributed by atoms with Gasteiger partial charge in [-0.3, -0.25) is 10.3 Å². The van der Waals surface area contributed by atoms with E-state index < -0.39 is 11.7 Å². The molecule has 0 unspecified atom stereocenters. The molecule has 0 spiro atoms. The fraction of sp³-hybridized carbons (Fsp3) is 0.619. The normalized spacial score (nSPS) is 11.4. The van der Waals surface area contributed by atoms with E-state index in [1.807, 2.05) is 52.0 Å². The standard InChI is InChI=1S/C21H36N4O4.HI/c1-6-22-19(24-13-14-28-16-15-27-5)23-12-11-17-7-9-18(10-8-17)25-20(26)29-21(2,3)4;/h7-10H,6,11-16H2,1-5H3,(H,25,26)(H2,22,23,24);1H. The van der Waals surface area contributed by atoms with Gasteiger partial charge in [0.15, 0.2) is 5.96 Å². The number of guanidine groups is 1. The zero-order chi connectivity index (χ0) is 21.5. The minimum absolute atomic E-state index is 0. The predicted molar refractivity (Wildman–Crippen MR) is 132 cm³/mol. The second-order valence-corrected chi connectivity index (χ2v) is 7.37. The summed E-state index contributed by atoms with van der Waals surface area (Å²) in [6, 6.07) is 7.72. The molecule has 0 heterocycles. The summed E-state index contributed by atoms with van der Waals surface area (Å²) in [7, 11) is 1.65. The molecule has 0 aromatic heterocycles. The highest BCUT2D eigenvalue weighted by molar-refractivity contribution is 14.0. The number of halogens is 1. The molecule has 30 heavy (non-hydrogen) atoms. The van der Waals surface area contributed by atoms with Gasteiger partial charge in [0.2, 0.25) is 0 Å². The Labute approximate surface area is 197 Å². The summed E-state index contributed by atoms with van der Waals surface area (Å²) < 4.78 is 15.6. The largest absolute Gasteiger partial charge is 0.444 e. The molecule has 0 aliphatic rings. The van der Waals surface area contributed by atoms with Gasteiger partial charge in [-0.05, 0) is 51.8 Å². The van der Waals surface area contributed by atoms with Crippen molar-refractivity contribution >= 4 is 41.7 Å². The molecule has 0 atom stereocenters. The number of amides is 1. The van der Waals surface area contributed by atoms with Crippen molar-refractivity contribution in [2.45, 2.75) is 39.7 Å². The number of nitrogens with one attached hydrogen (secondary N) is 3. The molecule has 1 rings (SSSR count). The van der Waals surface area contributed by atoms with E-state index in [2.05, 4.69) is 20.9 Å². The van der Waals surface area contributed by atoms with Gasteiger partial charge >= 0.3 is 6.09 Å². The van der Waals surface area contributed by atoms with E-state index in [0.717, 1.165) is 31.0 Å². The Morgan fingerprint density at radius 3 is 2.37 bits per heavy atom. The zero-order valence-electron chi connectivity index (χ0n) is 18.7. The number of anilines is 1. The number of benzene rings is 1. The summed E-state index contributed by atoms with van der Waals surface area (Å²) in [6.07, 6.45) is 0.381. The lowest BCUT2D eigenvalue weighted by molar-refractivity contribution is 0.0636. The molecular weight excluding hydrogens is 499 g/mol. The van der Waals surface area contributed by atoms with Crippen molar-refractivity contribution in [3.63, 3.8) is 0 Å². The Morgan fingerprint density at radius 1 is 1.07 bits per heavy atom. The summed E-state index contributed by atoms with van der Waals surface area (Å²) >= 11 is 0. The van der Waals surface area contributed by atoms with Gasteiger partial charge in [-0.15, -0.1) is 24.0 Å². The highest BCUT2D eigenvalue weighted by atomic mass is 127. The number of carbonyl (C=O) groups is 1. The van der Waals surface area contributed by atoms with E-state index in [4.69, 9.17) is 14.2 Å². The highest BCUT2D eigenvalue weighted by Crippen LogP contribution is 2.13. The molecule has 3 N–H and O–H groups in total. The Bertz CT molecular complexity index is 618. The van der Waals surface area contributed by atoms with Crippen LogP contribution in [0.5, 0.6) is 0 Å². The van der Waals surface area contributed by atoms with E-state index in [9.17, 15) is 4.79 Å². The minimum Gasteiger partial charge on any atom is -0.444 e. The quantitative estimate of drug-likeness (QED) is 0.174. The molecule has 0 saturated heterocycles. The third-order valence-corrected chi connectivity index (χ3v) is 3.59. The van der Waals surface area contributed by atoms with Crippen molar-refractivity contribution in [2.24, 2.45) is 4.99 Å². The Hall–Kier alpha value is -1.59. The van der Waals surface area contributed by atoms with Crippen LogP contribution >= 0.6 is 24.0 Å². The molecule has 8 nitrogen and oxygen atoms in total. The van der Waals surface area contributed by atoms with Crippen molar-refractivity contribution in [3.8, 4) is 0 Å². The Balaban J connectivity index is 0.00000841. The number of methoxy groups -OCH3 is 1. The lowest BCUT2D eigenvalue weighted by Gasteiger charge is -2.19. The fourth-order valence-corrected chi connectivity index (χ4v) is 2.31. The van der Waals surface area contributed by atoms with E-state index in [1.165, 1.54) is 0 Å². The summed E-state index contributed by atoms with van der Waals surface area (Å²) in [6.45, 7) is 11.4. The van der Waals surface area contributed by atoms with Crippen LogP contribution in [-0.2, 0) is 20.6 Å². The molecule has 0 bridgehead atoms. The van der Waals surface area contributed by atoms with Gasteiger partial charge in [0.05, 0.1) is 26.4 Å². The Kier molecular flexibility index (Phi) is 15.3. The molecule has 0 radical (unpaired) electrons. The van der Waals surface area contributed by atoms with Crippen LogP contribution in [0, 0.1) is 0 Å². The van der Waals surface area contributed by atoms with Gasteiger partial charge in [-0.1, -0.05) is 12.1 Å². The maximum atomic E-state index is 11.8. The summed E-state index contributed by atoms with van der Waals surface area (Å²) in [5.74, 6) is 0.769.